The molecule has 0 aliphatic rings. The predicted molar refractivity (Wildman–Crippen MR) is 211 cm³/mol. The van der Waals surface area contributed by atoms with Crippen LogP contribution in [0.1, 0.15) is 78.0 Å². The third-order valence-corrected chi connectivity index (χ3v) is 11.4. The molecule has 0 saturated heterocycles. The quantitative estimate of drug-likeness (QED) is 0.107. The third kappa shape index (κ3) is 9.61. The second kappa shape index (κ2) is 16.8. The van der Waals surface area contributed by atoms with Crippen LogP contribution in [-0.2, 0) is 32.9 Å². The van der Waals surface area contributed by atoms with Crippen LogP contribution in [0.2, 0.25) is 19.6 Å². The number of hydrogen-bond donors (Lipinski definition) is 0. The molecule has 0 spiro atoms. The zero-order valence-corrected chi connectivity index (χ0v) is 34.5. The summed E-state index contributed by atoms with van der Waals surface area (Å²) in [6.45, 7) is 20.4. The summed E-state index contributed by atoms with van der Waals surface area (Å²) in [5, 5.41) is 3.19. The Hall–Kier alpha value is -3.02. The van der Waals surface area contributed by atoms with Gasteiger partial charge in [-0.1, -0.05) is 103 Å². The van der Waals surface area contributed by atoms with Crippen LogP contribution in [0.15, 0.2) is 79.1 Å². The fourth-order valence-corrected chi connectivity index (χ4v) is 8.10. The number of nitrogens with zero attached hydrogens (tertiary/aromatic N) is 3. The number of rotatable bonds is 9. The Morgan fingerprint density at radius 1 is 0.816 bits per heavy atom. The average molecular weight is 867 g/mol. The largest absolute Gasteiger partial charge is 0.305 e. The smallest absolute Gasteiger partial charge is 0.114 e. The molecule has 4 aromatic heterocycles. The summed E-state index contributed by atoms with van der Waals surface area (Å²) in [6.07, 6.45) is 0.817. The number of thiophene rings is 1. The minimum atomic E-state index is -1.67. The molecule has 6 heteroatoms. The first-order valence-electron chi connectivity index (χ1n) is 19.4. The van der Waals surface area contributed by atoms with E-state index in [1.807, 2.05) is 101 Å². The van der Waals surface area contributed by atoms with Gasteiger partial charge in [-0.25, -0.2) is 4.98 Å². The standard InChI is InChI=1S/C25H27N2S.C18H24NSi.Ir/c1-15(2)13-19-9-10-21-20-7-6-8-22(24(20)28-25(21)27-19)23-14-18(11-12-26-23)17(5)16(3)4;1-14(2)11-16-12-17(15-9-7-6-8-10-15)19-13-18(16)20(3,4)5;/h6-7,9-12,14-17H,13H2,1-5H3;6-9,12-14H,11H2,1-5H3;/q2*-1;/i13D2,17D;11D2;. The minimum absolute atomic E-state index is 0. The number of hydrogen-bond acceptors (Lipinski definition) is 4. The molecule has 6 aromatic rings. The van der Waals surface area contributed by atoms with Gasteiger partial charge in [0.05, 0.1) is 8.07 Å². The molecule has 0 amide bonds. The van der Waals surface area contributed by atoms with E-state index in [2.05, 4.69) is 55.6 Å². The Morgan fingerprint density at radius 3 is 2.22 bits per heavy atom. The molecule has 1 atom stereocenters. The number of pyridine rings is 3. The molecule has 0 aliphatic carbocycles. The number of aromatic nitrogens is 3. The van der Waals surface area contributed by atoms with E-state index in [0.29, 0.717) is 5.69 Å². The fourth-order valence-electron chi connectivity index (χ4n) is 5.52. The van der Waals surface area contributed by atoms with Gasteiger partial charge in [0.15, 0.2) is 0 Å². The topological polar surface area (TPSA) is 38.7 Å². The molecule has 1 unspecified atom stereocenters. The summed E-state index contributed by atoms with van der Waals surface area (Å²) in [5.41, 5.74) is 5.59. The van der Waals surface area contributed by atoms with E-state index in [1.54, 1.807) is 23.6 Å². The van der Waals surface area contributed by atoms with E-state index in [4.69, 9.17) is 11.8 Å². The molecule has 3 nitrogen and oxygen atoms in total. The molecule has 1 radical (unpaired) electrons. The number of benzene rings is 2. The summed E-state index contributed by atoms with van der Waals surface area (Å²) < 4.78 is 43.7. The molecular weight excluding hydrogens is 811 g/mol. The van der Waals surface area contributed by atoms with Crippen molar-refractivity contribution < 1.29 is 27.0 Å². The Labute approximate surface area is 320 Å². The molecular formula is C43H51IrN3SSi-2. The Bertz CT molecular complexity index is 2210. The van der Waals surface area contributed by atoms with Crippen molar-refractivity contribution in [2.45, 2.75) is 86.7 Å². The van der Waals surface area contributed by atoms with E-state index >= 15 is 0 Å². The Kier molecular flexibility index (Phi) is 10.9. The molecule has 0 aliphatic heterocycles. The Balaban J connectivity index is 0.000000250. The van der Waals surface area contributed by atoms with E-state index < -0.39 is 26.7 Å². The van der Waals surface area contributed by atoms with Crippen LogP contribution in [-0.4, -0.2) is 23.0 Å². The van der Waals surface area contributed by atoms with Crippen molar-refractivity contribution in [3.8, 4) is 22.5 Å². The summed E-state index contributed by atoms with van der Waals surface area (Å²) in [4.78, 5) is 14.7. The van der Waals surface area contributed by atoms with Crippen molar-refractivity contribution in [1.29, 1.82) is 0 Å². The van der Waals surface area contributed by atoms with Gasteiger partial charge in [0.1, 0.15) is 4.83 Å². The van der Waals surface area contributed by atoms with Crippen LogP contribution < -0.4 is 5.19 Å². The number of fused-ring (bicyclic) bond motifs is 3. The van der Waals surface area contributed by atoms with Crippen molar-refractivity contribution in [3.63, 3.8) is 0 Å². The van der Waals surface area contributed by atoms with Crippen molar-refractivity contribution >= 4 is 44.9 Å². The second-order valence-corrected chi connectivity index (χ2v) is 20.3. The average Bonchev–Trinajstić information content (AvgIpc) is 3.50. The van der Waals surface area contributed by atoms with E-state index in [1.165, 1.54) is 0 Å². The van der Waals surface area contributed by atoms with Gasteiger partial charge in [-0.15, -0.1) is 59.7 Å². The van der Waals surface area contributed by atoms with Crippen molar-refractivity contribution in [1.82, 2.24) is 15.0 Å². The minimum Gasteiger partial charge on any atom is -0.305 e. The zero-order chi connectivity index (χ0) is 39.1. The molecule has 0 fully saturated rings. The SMILES string of the molecule is [2H]C([2H])(c1cc(-c2[c-]cccc2)ncc1[Si](C)(C)C)C(C)C.[2H]C([2H])(c1ccc2c(n1)sc1c(-c3cc(C([2H])(C)C(C)C)ccn3)[c-]ccc12)C(C)C.[Ir]. The van der Waals surface area contributed by atoms with Crippen LogP contribution in [0, 0.1) is 29.9 Å². The van der Waals surface area contributed by atoms with Crippen LogP contribution in [0.4, 0.5) is 0 Å². The van der Waals surface area contributed by atoms with Crippen molar-refractivity contribution in [3.05, 3.63) is 108 Å². The second-order valence-electron chi connectivity index (χ2n) is 14.3. The first kappa shape index (κ1) is 31.9. The maximum atomic E-state index is 8.77. The van der Waals surface area contributed by atoms with Gasteiger partial charge in [0.25, 0.3) is 0 Å². The van der Waals surface area contributed by atoms with Gasteiger partial charge in [0.2, 0.25) is 0 Å². The maximum Gasteiger partial charge on any atom is 0.114 e. The van der Waals surface area contributed by atoms with E-state index in [0.717, 1.165) is 59.1 Å². The predicted octanol–water partition coefficient (Wildman–Crippen LogP) is 11.6. The van der Waals surface area contributed by atoms with Crippen LogP contribution in [0.3, 0.4) is 0 Å². The monoisotopic (exact) mass is 867 g/mol. The van der Waals surface area contributed by atoms with Gasteiger partial charge in [-0.3, -0.25) is 0 Å². The van der Waals surface area contributed by atoms with Crippen LogP contribution in [0.5, 0.6) is 0 Å². The van der Waals surface area contributed by atoms with E-state index in [9.17, 15) is 0 Å². The maximum absolute atomic E-state index is 8.77. The first-order valence-corrected chi connectivity index (χ1v) is 21.2. The van der Waals surface area contributed by atoms with Gasteiger partial charge in [0, 0.05) is 45.0 Å². The van der Waals surface area contributed by atoms with Gasteiger partial charge < -0.3 is 9.97 Å². The van der Waals surface area contributed by atoms with Gasteiger partial charge >= 0.3 is 0 Å². The summed E-state index contributed by atoms with van der Waals surface area (Å²) in [5.74, 6) is -0.782. The molecule has 6 rings (SSSR count). The van der Waals surface area contributed by atoms with Crippen molar-refractivity contribution in [2.75, 3.05) is 0 Å². The Morgan fingerprint density at radius 2 is 1.57 bits per heavy atom. The summed E-state index contributed by atoms with van der Waals surface area (Å²) >= 11 is 1.55. The molecule has 259 valence electrons. The molecule has 2 aromatic carbocycles. The summed E-state index contributed by atoms with van der Waals surface area (Å²) in [7, 11) is -1.67. The third-order valence-electron chi connectivity index (χ3n) is 8.21. The molecule has 49 heavy (non-hydrogen) atoms. The molecule has 0 N–H and O–H groups in total. The first-order chi connectivity index (χ1) is 24.7. The van der Waals surface area contributed by atoms with Crippen LogP contribution >= 0.6 is 11.3 Å². The molecule has 0 bridgehead atoms. The van der Waals surface area contributed by atoms with Crippen LogP contribution in [0.25, 0.3) is 42.8 Å². The van der Waals surface area contributed by atoms with E-state index in [-0.39, 0.29) is 37.9 Å². The van der Waals surface area contributed by atoms with Gasteiger partial charge in [-0.2, -0.15) is 11.3 Å². The fraction of sp³-hybridized carbons (Fsp3) is 0.372. The molecule has 0 saturated carbocycles. The van der Waals surface area contributed by atoms with Gasteiger partial charge in [-0.05, 0) is 75.2 Å². The zero-order valence-electron chi connectivity index (χ0n) is 35.3. The molecule has 4 heterocycles. The van der Waals surface area contributed by atoms with Crippen molar-refractivity contribution in [2.24, 2.45) is 17.8 Å². The normalized spacial score (nSPS) is 15.1. The summed E-state index contributed by atoms with van der Waals surface area (Å²) in [6, 6.07) is 27.8.